The minimum absolute atomic E-state index is 0.0469. The SMILES string of the molecule is COC1=CC(=O)N(C(=O)CC[C@H](C)NC(=O)[C@H](CC(C)C)NC(=O)[C@H](CC(C)C)NC(=O)[C@H](C(C)C)N(C)C)[C@H]1C. The van der Waals surface area contributed by atoms with Gasteiger partial charge in [-0.1, -0.05) is 41.5 Å². The fraction of sp³-hybridized carbons (Fsp3) is 0.767. The van der Waals surface area contributed by atoms with Crippen molar-refractivity contribution in [1.82, 2.24) is 25.8 Å². The highest BCUT2D eigenvalue weighted by atomic mass is 16.5. The molecule has 234 valence electrons. The maximum Gasteiger partial charge on any atom is 0.257 e. The Kier molecular flexibility index (Phi) is 14.5. The number of nitrogens with one attached hydrogen (secondary N) is 3. The van der Waals surface area contributed by atoms with Gasteiger partial charge >= 0.3 is 0 Å². The summed E-state index contributed by atoms with van der Waals surface area (Å²) in [7, 11) is 5.12. The molecule has 0 bridgehead atoms. The third-order valence-electron chi connectivity index (χ3n) is 7.12. The molecule has 1 aliphatic rings. The smallest absolute Gasteiger partial charge is 0.257 e. The van der Waals surface area contributed by atoms with E-state index in [2.05, 4.69) is 16.0 Å². The minimum atomic E-state index is -0.810. The summed E-state index contributed by atoms with van der Waals surface area (Å²) in [6.45, 7) is 15.3. The number of hydrogen-bond acceptors (Lipinski definition) is 7. The first-order valence-electron chi connectivity index (χ1n) is 14.7. The third-order valence-corrected chi connectivity index (χ3v) is 7.12. The standard InChI is InChI=1S/C30H53N5O6/c1-17(2)14-22(32-29(39)23(15-18(3)4)33-30(40)27(19(5)6)34(9)10)28(38)31-20(7)12-13-25(36)35-21(8)24(41-11)16-26(35)37/h16-23,27H,12-15H2,1-11H3,(H,31,38)(H,32,39)(H,33,40)/t20-,21-,22-,23-,27-/m0/s1. The molecule has 11 nitrogen and oxygen atoms in total. The third kappa shape index (κ3) is 11.1. The van der Waals surface area contributed by atoms with Gasteiger partial charge in [0.05, 0.1) is 19.2 Å². The van der Waals surface area contributed by atoms with Crippen LogP contribution in [0.3, 0.4) is 0 Å². The molecule has 0 radical (unpaired) electrons. The van der Waals surface area contributed by atoms with E-state index < -0.39 is 36.0 Å². The zero-order valence-corrected chi connectivity index (χ0v) is 26.9. The molecule has 0 aromatic heterocycles. The minimum Gasteiger partial charge on any atom is -0.499 e. The maximum absolute atomic E-state index is 13.4. The number of hydrogen-bond donors (Lipinski definition) is 3. The van der Waals surface area contributed by atoms with Crippen LogP contribution in [0.2, 0.25) is 0 Å². The maximum atomic E-state index is 13.4. The monoisotopic (exact) mass is 579 g/mol. The molecule has 5 amide bonds. The van der Waals surface area contributed by atoms with Crippen LogP contribution in [0.25, 0.3) is 0 Å². The summed E-state index contributed by atoms with van der Waals surface area (Å²) in [5.74, 6) is -1.01. The lowest BCUT2D eigenvalue weighted by Gasteiger charge is -2.30. The molecule has 41 heavy (non-hydrogen) atoms. The van der Waals surface area contributed by atoms with Crippen LogP contribution in [0.5, 0.6) is 0 Å². The highest BCUT2D eigenvalue weighted by Crippen LogP contribution is 2.21. The first-order valence-corrected chi connectivity index (χ1v) is 14.7. The van der Waals surface area contributed by atoms with Crippen molar-refractivity contribution in [2.75, 3.05) is 21.2 Å². The van der Waals surface area contributed by atoms with Gasteiger partial charge in [0.1, 0.15) is 17.8 Å². The van der Waals surface area contributed by atoms with Gasteiger partial charge in [0.15, 0.2) is 0 Å². The normalized spacial score (nSPS) is 18.3. The lowest BCUT2D eigenvalue weighted by Crippen LogP contribution is -2.57. The topological polar surface area (TPSA) is 137 Å². The van der Waals surface area contributed by atoms with E-state index in [0.717, 1.165) is 0 Å². The Bertz CT molecular complexity index is 953. The number of rotatable bonds is 16. The van der Waals surface area contributed by atoms with E-state index >= 15 is 0 Å². The largest absolute Gasteiger partial charge is 0.499 e. The Labute approximate surface area is 246 Å². The fourth-order valence-electron chi connectivity index (χ4n) is 5.14. The number of amides is 5. The van der Waals surface area contributed by atoms with Crippen LogP contribution < -0.4 is 16.0 Å². The zero-order valence-electron chi connectivity index (χ0n) is 26.9. The van der Waals surface area contributed by atoms with Gasteiger partial charge < -0.3 is 20.7 Å². The van der Waals surface area contributed by atoms with Gasteiger partial charge in [-0.3, -0.25) is 33.8 Å². The van der Waals surface area contributed by atoms with Gasteiger partial charge in [-0.05, 0) is 65.0 Å². The molecule has 5 atom stereocenters. The summed E-state index contributed by atoms with van der Waals surface area (Å²) in [5.41, 5.74) is 0. The van der Waals surface area contributed by atoms with E-state index in [-0.39, 0.29) is 47.9 Å². The molecule has 0 aliphatic carbocycles. The average Bonchev–Trinajstić information content (AvgIpc) is 3.13. The zero-order chi connectivity index (χ0) is 31.6. The molecule has 1 rings (SSSR count). The second-order valence-corrected chi connectivity index (χ2v) is 12.5. The van der Waals surface area contributed by atoms with E-state index in [1.54, 1.807) is 13.8 Å². The van der Waals surface area contributed by atoms with Crippen molar-refractivity contribution in [3.05, 3.63) is 11.8 Å². The van der Waals surface area contributed by atoms with Gasteiger partial charge in [-0.2, -0.15) is 0 Å². The summed E-state index contributed by atoms with van der Waals surface area (Å²) < 4.78 is 5.16. The van der Waals surface area contributed by atoms with Gasteiger partial charge in [0.2, 0.25) is 23.6 Å². The number of methoxy groups -OCH3 is 1. The first kappa shape index (κ1) is 36.1. The predicted octanol–water partition coefficient (Wildman–Crippen LogP) is 2.21. The summed E-state index contributed by atoms with van der Waals surface area (Å²) >= 11 is 0. The number of carbonyl (C=O) groups is 5. The molecule has 0 aromatic rings. The van der Waals surface area contributed by atoms with Gasteiger partial charge in [0.25, 0.3) is 5.91 Å². The Morgan fingerprint density at radius 3 is 1.78 bits per heavy atom. The van der Waals surface area contributed by atoms with Gasteiger partial charge in [-0.25, -0.2) is 0 Å². The summed E-state index contributed by atoms with van der Waals surface area (Å²) in [6, 6.07) is -2.84. The molecule has 0 aromatic carbocycles. The Morgan fingerprint density at radius 1 is 0.878 bits per heavy atom. The van der Waals surface area contributed by atoms with Crippen molar-refractivity contribution in [3.63, 3.8) is 0 Å². The van der Waals surface area contributed by atoms with E-state index in [9.17, 15) is 24.0 Å². The molecule has 0 spiro atoms. The van der Waals surface area contributed by atoms with E-state index in [1.165, 1.54) is 18.1 Å². The number of ether oxygens (including phenoxy) is 1. The predicted molar refractivity (Wildman–Crippen MR) is 158 cm³/mol. The van der Waals surface area contributed by atoms with Crippen LogP contribution in [0.4, 0.5) is 0 Å². The molecular formula is C30H53N5O6. The molecule has 0 fully saturated rings. The first-order chi connectivity index (χ1) is 19.0. The van der Waals surface area contributed by atoms with Gasteiger partial charge in [0, 0.05) is 18.5 Å². The van der Waals surface area contributed by atoms with E-state index in [1.807, 2.05) is 60.5 Å². The van der Waals surface area contributed by atoms with Gasteiger partial charge in [-0.15, -0.1) is 0 Å². The number of imide groups is 1. The molecule has 1 heterocycles. The molecule has 0 unspecified atom stereocenters. The van der Waals surface area contributed by atoms with Crippen molar-refractivity contribution >= 4 is 29.5 Å². The second-order valence-electron chi connectivity index (χ2n) is 12.5. The Hall–Kier alpha value is -2.95. The van der Waals surface area contributed by atoms with Crippen LogP contribution in [-0.4, -0.2) is 90.8 Å². The molecular weight excluding hydrogens is 526 g/mol. The second kappa shape index (κ2) is 16.5. The van der Waals surface area contributed by atoms with Crippen molar-refractivity contribution in [2.24, 2.45) is 17.8 Å². The Morgan fingerprint density at radius 2 is 1.37 bits per heavy atom. The van der Waals surface area contributed by atoms with Crippen LogP contribution >= 0.6 is 0 Å². The summed E-state index contributed by atoms with van der Waals surface area (Å²) in [6.07, 6.45) is 2.53. The number of nitrogens with zero attached hydrogens (tertiary/aromatic N) is 2. The quantitative estimate of drug-likeness (QED) is 0.255. The van der Waals surface area contributed by atoms with Crippen molar-refractivity contribution in [3.8, 4) is 0 Å². The molecule has 11 heteroatoms. The van der Waals surface area contributed by atoms with E-state index in [4.69, 9.17) is 4.74 Å². The summed E-state index contributed by atoms with van der Waals surface area (Å²) in [5, 5.41) is 8.70. The lowest BCUT2D eigenvalue weighted by atomic mass is 9.98. The molecule has 0 saturated carbocycles. The van der Waals surface area contributed by atoms with Crippen LogP contribution in [0.1, 0.15) is 81.1 Å². The van der Waals surface area contributed by atoms with Crippen molar-refractivity contribution in [2.45, 2.75) is 111 Å². The average molecular weight is 580 g/mol. The molecule has 1 aliphatic heterocycles. The lowest BCUT2D eigenvalue weighted by molar-refractivity contribution is -0.143. The van der Waals surface area contributed by atoms with Crippen molar-refractivity contribution in [1.29, 1.82) is 0 Å². The van der Waals surface area contributed by atoms with E-state index in [0.29, 0.717) is 25.0 Å². The molecule has 0 saturated heterocycles. The van der Waals surface area contributed by atoms with Crippen LogP contribution in [0.15, 0.2) is 11.8 Å². The van der Waals surface area contributed by atoms with Crippen LogP contribution in [0, 0.1) is 17.8 Å². The molecule has 3 N–H and O–H groups in total. The Balaban J connectivity index is 2.88. The number of carbonyl (C=O) groups excluding carboxylic acids is 5. The fourth-order valence-corrected chi connectivity index (χ4v) is 5.14. The number of likely N-dealkylation sites (N-methyl/N-ethyl adjacent to an activating group) is 1. The summed E-state index contributed by atoms with van der Waals surface area (Å²) in [4.78, 5) is 67.7. The van der Waals surface area contributed by atoms with Crippen LogP contribution in [-0.2, 0) is 28.7 Å². The highest BCUT2D eigenvalue weighted by molar-refractivity contribution is 6.04. The highest BCUT2D eigenvalue weighted by Gasteiger charge is 2.35. The van der Waals surface area contributed by atoms with Crippen molar-refractivity contribution < 1.29 is 28.7 Å².